The maximum absolute atomic E-state index is 4.32. The van der Waals surface area contributed by atoms with Gasteiger partial charge in [-0.25, -0.2) is 9.97 Å². The normalized spacial score (nSPS) is 11.4. The Labute approximate surface area is 83.0 Å². The first-order chi connectivity index (χ1) is 6.74. The summed E-state index contributed by atoms with van der Waals surface area (Å²) >= 11 is 0. The number of aromatic nitrogens is 4. The fourth-order valence-electron chi connectivity index (χ4n) is 1.60. The lowest BCUT2D eigenvalue weighted by atomic mass is 10.2. The van der Waals surface area contributed by atoms with Crippen LogP contribution in [0.2, 0.25) is 0 Å². The molecule has 0 atom stereocenters. The number of fused-ring (bicyclic) bond motifs is 1. The summed E-state index contributed by atoms with van der Waals surface area (Å²) in [5, 5.41) is 4.32. The first-order valence-electron chi connectivity index (χ1n) is 4.91. The van der Waals surface area contributed by atoms with Gasteiger partial charge < -0.3 is 0 Å². The summed E-state index contributed by atoms with van der Waals surface area (Å²) in [6, 6.07) is 0.351. The molecule has 0 amide bonds. The van der Waals surface area contributed by atoms with Gasteiger partial charge in [0, 0.05) is 6.04 Å². The average Bonchev–Trinajstić information content (AvgIpc) is 2.60. The highest BCUT2D eigenvalue weighted by Crippen LogP contribution is 2.18. The molecule has 0 saturated heterocycles. The van der Waals surface area contributed by atoms with Crippen molar-refractivity contribution in [1.82, 2.24) is 19.7 Å². The summed E-state index contributed by atoms with van der Waals surface area (Å²) in [5.74, 6) is 0. The Morgan fingerprint density at radius 3 is 2.79 bits per heavy atom. The highest BCUT2D eigenvalue weighted by atomic mass is 15.3. The summed E-state index contributed by atoms with van der Waals surface area (Å²) in [5.41, 5.74) is 3.08. The summed E-state index contributed by atoms with van der Waals surface area (Å²) < 4.78 is 1.98. The number of hydrogen-bond acceptors (Lipinski definition) is 3. The zero-order valence-corrected chi connectivity index (χ0v) is 8.73. The Hall–Kier alpha value is -1.45. The molecule has 2 aromatic rings. The van der Waals surface area contributed by atoms with Gasteiger partial charge in [0.15, 0.2) is 0 Å². The van der Waals surface area contributed by atoms with E-state index < -0.39 is 0 Å². The third-order valence-corrected chi connectivity index (χ3v) is 2.28. The number of aryl methyl sites for hydroxylation is 1. The lowest BCUT2D eigenvalue weighted by Crippen LogP contribution is -2.05. The zero-order valence-electron chi connectivity index (χ0n) is 8.73. The zero-order chi connectivity index (χ0) is 10.1. The van der Waals surface area contributed by atoms with Crippen molar-refractivity contribution in [3.63, 3.8) is 0 Å². The second kappa shape index (κ2) is 3.36. The van der Waals surface area contributed by atoms with E-state index in [4.69, 9.17) is 0 Å². The largest absolute Gasteiger partial charge is 0.259 e. The molecule has 0 aromatic carbocycles. The van der Waals surface area contributed by atoms with Crippen molar-refractivity contribution in [1.29, 1.82) is 0 Å². The van der Waals surface area contributed by atoms with E-state index in [1.54, 1.807) is 12.5 Å². The van der Waals surface area contributed by atoms with E-state index in [2.05, 4.69) is 35.8 Å². The molecule has 0 spiro atoms. The van der Waals surface area contributed by atoms with Gasteiger partial charge in [-0.15, -0.1) is 0 Å². The molecule has 0 fully saturated rings. The SMILES string of the molecule is CCc1ncnc2cnn(C(C)C)c12. The van der Waals surface area contributed by atoms with Crippen molar-refractivity contribution in [3.05, 3.63) is 18.2 Å². The maximum Gasteiger partial charge on any atom is 0.116 e. The molecule has 0 N–H and O–H groups in total. The molecule has 0 aliphatic rings. The molecular weight excluding hydrogens is 176 g/mol. The molecule has 2 rings (SSSR count). The fourth-order valence-corrected chi connectivity index (χ4v) is 1.60. The molecule has 0 radical (unpaired) electrons. The van der Waals surface area contributed by atoms with Gasteiger partial charge in [0.05, 0.1) is 11.9 Å². The minimum absolute atomic E-state index is 0.351. The van der Waals surface area contributed by atoms with Gasteiger partial charge in [0.1, 0.15) is 17.4 Å². The first-order valence-corrected chi connectivity index (χ1v) is 4.91. The molecule has 0 aliphatic carbocycles. The van der Waals surface area contributed by atoms with Crippen LogP contribution >= 0.6 is 0 Å². The lowest BCUT2D eigenvalue weighted by Gasteiger charge is -2.08. The average molecular weight is 190 g/mol. The predicted molar refractivity (Wildman–Crippen MR) is 55.1 cm³/mol. The van der Waals surface area contributed by atoms with Crippen molar-refractivity contribution in [2.45, 2.75) is 33.2 Å². The highest BCUT2D eigenvalue weighted by molar-refractivity contribution is 5.76. The van der Waals surface area contributed by atoms with E-state index in [1.165, 1.54) is 0 Å². The van der Waals surface area contributed by atoms with Crippen molar-refractivity contribution in [2.24, 2.45) is 0 Å². The molecule has 0 saturated carbocycles. The molecule has 0 bridgehead atoms. The van der Waals surface area contributed by atoms with Crippen LogP contribution in [0.5, 0.6) is 0 Å². The molecule has 0 unspecified atom stereocenters. The van der Waals surface area contributed by atoms with E-state index >= 15 is 0 Å². The maximum atomic E-state index is 4.32. The topological polar surface area (TPSA) is 43.6 Å². The third-order valence-electron chi connectivity index (χ3n) is 2.28. The van der Waals surface area contributed by atoms with Gasteiger partial charge in [-0.2, -0.15) is 5.10 Å². The van der Waals surface area contributed by atoms with Crippen molar-refractivity contribution < 1.29 is 0 Å². The van der Waals surface area contributed by atoms with Crippen LogP contribution in [0.25, 0.3) is 11.0 Å². The van der Waals surface area contributed by atoms with E-state index in [1.807, 2.05) is 4.68 Å². The second-order valence-corrected chi connectivity index (χ2v) is 3.59. The highest BCUT2D eigenvalue weighted by Gasteiger charge is 2.10. The van der Waals surface area contributed by atoms with Crippen LogP contribution in [-0.2, 0) is 6.42 Å². The van der Waals surface area contributed by atoms with Gasteiger partial charge >= 0.3 is 0 Å². The van der Waals surface area contributed by atoms with Crippen molar-refractivity contribution >= 4 is 11.0 Å². The Bertz CT molecular complexity index is 444. The van der Waals surface area contributed by atoms with Gasteiger partial charge in [0.25, 0.3) is 0 Å². The molecule has 4 heteroatoms. The van der Waals surface area contributed by atoms with Gasteiger partial charge in [-0.05, 0) is 20.3 Å². The fraction of sp³-hybridized carbons (Fsp3) is 0.500. The summed E-state index contributed by atoms with van der Waals surface area (Å²) in [6.45, 7) is 6.32. The molecule has 14 heavy (non-hydrogen) atoms. The molecular formula is C10H14N4. The van der Waals surface area contributed by atoms with E-state index in [-0.39, 0.29) is 0 Å². The van der Waals surface area contributed by atoms with Gasteiger partial charge in [0.2, 0.25) is 0 Å². The van der Waals surface area contributed by atoms with Crippen LogP contribution in [0.3, 0.4) is 0 Å². The molecule has 0 aliphatic heterocycles. The minimum atomic E-state index is 0.351. The Balaban J connectivity index is 2.74. The van der Waals surface area contributed by atoms with E-state index in [9.17, 15) is 0 Å². The van der Waals surface area contributed by atoms with E-state index in [0.29, 0.717) is 6.04 Å². The first kappa shape index (κ1) is 9.12. The predicted octanol–water partition coefficient (Wildman–Crippen LogP) is 1.97. The molecule has 2 aromatic heterocycles. The number of rotatable bonds is 2. The number of nitrogens with zero attached hydrogens (tertiary/aromatic N) is 4. The third kappa shape index (κ3) is 1.27. The Morgan fingerprint density at radius 1 is 1.36 bits per heavy atom. The van der Waals surface area contributed by atoms with Crippen molar-refractivity contribution in [3.8, 4) is 0 Å². The molecule has 4 nitrogen and oxygen atoms in total. The van der Waals surface area contributed by atoms with Crippen LogP contribution < -0.4 is 0 Å². The van der Waals surface area contributed by atoms with E-state index in [0.717, 1.165) is 23.1 Å². The van der Waals surface area contributed by atoms with Crippen LogP contribution in [0.4, 0.5) is 0 Å². The molecule has 74 valence electrons. The second-order valence-electron chi connectivity index (χ2n) is 3.59. The van der Waals surface area contributed by atoms with Crippen molar-refractivity contribution in [2.75, 3.05) is 0 Å². The lowest BCUT2D eigenvalue weighted by molar-refractivity contribution is 0.548. The quantitative estimate of drug-likeness (QED) is 0.727. The minimum Gasteiger partial charge on any atom is -0.259 e. The monoisotopic (exact) mass is 190 g/mol. The Kier molecular flexibility index (Phi) is 2.19. The van der Waals surface area contributed by atoms with Gasteiger partial charge in [-0.3, -0.25) is 4.68 Å². The number of hydrogen-bond donors (Lipinski definition) is 0. The molecule has 2 heterocycles. The summed E-state index contributed by atoms with van der Waals surface area (Å²) in [4.78, 5) is 8.47. The summed E-state index contributed by atoms with van der Waals surface area (Å²) in [7, 11) is 0. The van der Waals surface area contributed by atoms with Crippen LogP contribution in [0.15, 0.2) is 12.5 Å². The van der Waals surface area contributed by atoms with Crippen LogP contribution in [0.1, 0.15) is 32.5 Å². The van der Waals surface area contributed by atoms with Gasteiger partial charge in [-0.1, -0.05) is 6.92 Å². The van der Waals surface area contributed by atoms with Crippen LogP contribution in [-0.4, -0.2) is 19.7 Å². The smallest absolute Gasteiger partial charge is 0.116 e. The standard InChI is InChI=1S/C10H14N4/c1-4-8-10-9(12-6-11-8)5-13-14(10)7(2)3/h5-7H,4H2,1-3H3. The van der Waals surface area contributed by atoms with Crippen LogP contribution in [0, 0.1) is 0 Å². The Morgan fingerprint density at radius 2 is 2.14 bits per heavy atom. The summed E-state index contributed by atoms with van der Waals surface area (Å²) in [6.07, 6.45) is 4.32.